The van der Waals surface area contributed by atoms with Gasteiger partial charge in [0.2, 0.25) is 0 Å². The summed E-state index contributed by atoms with van der Waals surface area (Å²) in [5.74, 6) is -0.920. The molecule has 0 bridgehead atoms. The van der Waals surface area contributed by atoms with Crippen molar-refractivity contribution in [3.8, 4) is 0 Å². The molecule has 0 aliphatic heterocycles. The number of benzene rings is 2. The normalized spacial score (nSPS) is 12.8. The third-order valence-corrected chi connectivity index (χ3v) is 3.59. The first-order valence-corrected chi connectivity index (χ1v) is 6.67. The van der Waals surface area contributed by atoms with Crippen molar-refractivity contribution in [2.45, 2.75) is 12.5 Å². The standard InChI is InChI=1S/C16H15F2N3/c1-21-15-5-3-2-4-12(15)16(20-21)14(19)9-10-8-11(17)6-7-13(10)18/h2-8,14H,9,19H2,1H3. The van der Waals surface area contributed by atoms with Crippen LogP contribution < -0.4 is 5.73 Å². The van der Waals surface area contributed by atoms with Crippen molar-refractivity contribution in [1.29, 1.82) is 0 Å². The summed E-state index contributed by atoms with van der Waals surface area (Å²) in [6.07, 6.45) is 0.199. The van der Waals surface area contributed by atoms with Crippen LogP contribution in [0.3, 0.4) is 0 Å². The molecule has 5 heteroatoms. The predicted molar refractivity (Wildman–Crippen MR) is 77.7 cm³/mol. The highest BCUT2D eigenvalue weighted by Gasteiger charge is 2.17. The van der Waals surface area contributed by atoms with Crippen molar-refractivity contribution in [3.05, 3.63) is 65.4 Å². The maximum Gasteiger partial charge on any atom is 0.126 e. The molecule has 1 atom stereocenters. The van der Waals surface area contributed by atoms with Gasteiger partial charge in [-0.2, -0.15) is 5.10 Å². The average Bonchev–Trinajstić information content (AvgIpc) is 2.81. The molecule has 3 aromatic rings. The lowest BCUT2D eigenvalue weighted by molar-refractivity contribution is 0.568. The minimum atomic E-state index is -0.493. The van der Waals surface area contributed by atoms with Crippen LogP contribution in [-0.4, -0.2) is 9.78 Å². The molecule has 0 saturated carbocycles. The summed E-state index contributed by atoms with van der Waals surface area (Å²) in [7, 11) is 1.83. The van der Waals surface area contributed by atoms with Crippen molar-refractivity contribution in [3.63, 3.8) is 0 Å². The Hall–Kier alpha value is -2.27. The van der Waals surface area contributed by atoms with Crippen LogP contribution in [0.4, 0.5) is 8.78 Å². The van der Waals surface area contributed by atoms with Crippen molar-refractivity contribution in [2.75, 3.05) is 0 Å². The Bertz CT molecular complexity index is 795. The summed E-state index contributed by atoms with van der Waals surface area (Å²) in [6, 6.07) is 10.6. The van der Waals surface area contributed by atoms with Gasteiger partial charge < -0.3 is 5.73 Å². The highest BCUT2D eigenvalue weighted by molar-refractivity contribution is 5.82. The summed E-state index contributed by atoms with van der Waals surface area (Å²) in [6.45, 7) is 0. The number of hydrogen-bond donors (Lipinski definition) is 1. The molecule has 1 unspecified atom stereocenters. The van der Waals surface area contributed by atoms with E-state index in [9.17, 15) is 8.78 Å². The van der Waals surface area contributed by atoms with E-state index in [4.69, 9.17) is 5.73 Å². The zero-order valence-corrected chi connectivity index (χ0v) is 11.6. The van der Waals surface area contributed by atoms with E-state index in [0.717, 1.165) is 23.0 Å². The van der Waals surface area contributed by atoms with Crippen LogP contribution in [0.25, 0.3) is 10.9 Å². The van der Waals surface area contributed by atoms with E-state index in [1.807, 2.05) is 31.3 Å². The molecule has 0 fully saturated rings. The number of para-hydroxylation sites is 1. The van der Waals surface area contributed by atoms with E-state index in [2.05, 4.69) is 5.10 Å². The van der Waals surface area contributed by atoms with Gasteiger partial charge in [-0.25, -0.2) is 8.78 Å². The molecule has 21 heavy (non-hydrogen) atoms. The number of aryl methyl sites for hydroxylation is 1. The fourth-order valence-electron chi connectivity index (χ4n) is 2.55. The Balaban J connectivity index is 1.97. The minimum absolute atomic E-state index is 0.199. The molecule has 0 spiro atoms. The van der Waals surface area contributed by atoms with Crippen molar-refractivity contribution in [2.24, 2.45) is 12.8 Å². The predicted octanol–water partition coefficient (Wildman–Crippen LogP) is 3.09. The number of nitrogens with zero attached hydrogens (tertiary/aromatic N) is 2. The van der Waals surface area contributed by atoms with Crippen LogP contribution in [-0.2, 0) is 13.5 Å². The number of hydrogen-bond acceptors (Lipinski definition) is 2. The second-order valence-electron chi connectivity index (χ2n) is 5.07. The van der Waals surface area contributed by atoms with Gasteiger partial charge in [0.25, 0.3) is 0 Å². The lowest BCUT2D eigenvalue weighted by Crippen LogP contribution is -2.15. The number of rotatable bonds is 3. The van der Waals surface area contributed by atoms with Crippen molar-refractivity contribution >= 4 is 10.9 Å². The third kappa shape index (κ3) is 2.52. The summed E-state index contributed by atoms with van der Waals surface area (Å²) < 4.78 is 28.7. The number of halogens is 2. The molecule has 0 saturated heterocycles. The van der Waals surface area contributed by atoms with E-state index in [-0.39, 0.29) is 12.0 Å². The molecule has 1 heterocycles. The largest absolute Gasteiger partial charge is 0.322 e. The van der Waals surface area contributed by atoms with Crippen LogP contribution in [0.15, 0.2) is 42.5 Å². The maximum absolute atomic E-state index is 13.7. The number of fused-ring (bicyclic) bond motifs is 1. The van der Waals surface area contributed by atoms with E-state index < -0.39 is 17.7 Å². The van der Waals surface area contributed by atoms with Crippen LogP contribution in [0, 0.1) is 11.6 Å². The topological polar surface area (TPSA) is 43.8 Å². The van der Waals surface area contributed by atoms with E-state index in [1.54, 1.807) is 4.68 Å². The summed E-state index contributed by atoms with van der Waals surface area (Å²) >= 11 is 0. The molecule has 3 rings (SSSR count). The second-order valence-corrected chi connectivity index (χ2v) is 5.07. The highest BCUT2D eigenvalue weighted by atomic mass is 19.1. The second kappa shape index (κ2) is 5.26. The van der Waals surface area contributed by atoms with Crippen LogP contribution >= 0.6 is 0 Å². The fraction of sp³-hybridized carbons (Fsp3) is 0.188. The Labute approximate surface area is 121 Å². The van der Waals surface area contributed by atoms with Gasteiger partial charge in [0.1, 0.15) is 11.6 Å². The average molecular weight is 287 g/mol. The van der Waals surface area contributed by atoms with Gasteiger partial charge in [-0.3, -0.25) is 4.68 Å². The molecule has 0 aliphatic carbocycles. The summed E-state index contributed by atoms with van der Waals surface area (Å²) in [4.78, 5) is 0. The molecule has 1 aromatic heterocycles. The maximum atomic E-state index is 13.7. The van der Waals surface area contributed by atoms with Gasteiger partial charge in [0.15, 0.2) is 0 Å². The highest BCUT2D eigenvalue weighted by Crippen LogP contribution is 2.25. The quantitative estimate of drug-likeness (QED) is 0.804. The monoisotopic (exact) mass is 287 g/mol. The molecular weight excluding hydrogens is 272 g/mol. The lowest BCUT2D eigenvalue weighted by Gasteiger charge is -2.10. The first-order chi connectivity index (χ1) is 10.1. The number of nitrogens with two attached hydrogens (primary N) is 1. The lowest BCUT2D eigenvalue weighted by atomic mass is 10.0. The Morgan fingerprint density at radius 3 is 2.76 bits per heavy atom. The smallest absolute Gasteiger partial charge is 0.126 e. The summed E-state index contributed by atoms with van der Waals surface area (Å²) in [5, 5.41) is 5.35. The van der Waals surface area contributed by atoms with Crippen molar-refractivity contribution < 1.29 is 8.78 Å². The van der Waals surface area contributed by atoms with E-state index in [1.165, 1.54) is 6.07 Å². The molecule has 2 aromatic carbocycles. The zero-order valence-electron chi connectivity index (χ0n) is 11.6. The molecule has 108 valence electrons. The third-order valence-electron chi connectivity index (χ3n) is 3.59. The molecule has 0 aliphatic rings. The van der Waals surface area contributed by atoms with Crippen LogP contribution in [0.5, 0.6) is 0 Å². The van der Waals surface area contributed by atoms with E-state index >= 15 is 0 Å². The van der Waals surface area contributed by atoms with Crippen LogP contribution in [0.1, 0.15) is 17.3 Å². The van der Waals surface area contributed by atoms with Crippen molar-refractivity contribution in [1.82, 2.24) is 9.78 Å². The SMILES string of the molecule is Cn1nc(C(N)Cc2cc(F)ccc2F)c2ccccc21. The van der Waals surface area contributed by atoms with Gasteiger partial charge in [0.05, 0.1) is 17.3 Å². The molecule has 3 nitrogen and oxygen atoms in total. The van der Waals surface area contributed by atoms with Crippen LogP contribution in [0.2, 0.25) is 0 Å². The number of aromatic nitrogens is 2. The Morgan fingerprint density at radius 1 is 1.19 bits per heavy atom. The van der Waals surface area contributed by atoms with Gasteiger partial charge in [-0.15, -0.1) is 0 Å². The Morgan fingerprint density at radius 2 is 1.95 bits per heavy atom. The van der Waals surface area contributed by atoms with E-state index in [0.29, 0.717) is 5.69 Å². The summed E-state index contributed by atoms with van der Waals surface area (Å²) in [5.41, 5.74) is 8.07. The van der Waals surface area contributed by atoms with Gasteiger partial charge in [-0.05, 0) is 36.2 Å². The molecule has 0 radical (unpaired) electrons. The molecule has 0 amide bonds. The molecular formula is C16H15F2N3. The Kier molecular flexibility index (Phi) is 3.43. The minimum Gasteiger partial charge on any atom is -0.322 e. The van der Waals surface area contributed by atoms with Gasteiger partial charge in [-0.1, -0.05) is 18.2 Å². The van der Waals surface area contributed by atoms with Gasteiger partial charge in [0, 0.05) is 12.4 Å². The first kappa shape index (κ1) is 13.7. The van der Waals surface area contributed by atoms with Gasteiger partial charge >= 0.3 is 0 Å². The first-order valence-electron chi connectivity index (χ1n) is 6.67. The molecule has 2 N–H and O–H groups in total. The fourth-order valence-corrected chi connectivity index (χ4v) is 2.55. The zero-order chi connectivity index (χ0) is 15.0.